The highest BCUT2D eigenvalue weighted by atomic mass is 16.1. The fourth-order valence-electron chi connectivity index (χ4n) is 4.05. The monoisotopic (exact) mass is 402 g/mol. The number of amides is 1. The smallest absolute Gasteiger partial charge is 0.251 e. The van der Waals surface area contributed by atoms with Crippen molar-refractivity contribution in [3.63, 3.8) is 0 Å². The van der Waals surface area contributed by atoms with Crippen LogP contribution in [0, 0.1) is 6.92 Å². The predicted molar refractivity (Wildman–Crippen MR) is 119 cm³/mol. The molecule has 1 amide bonds. The number of carbonyl (C=O) groups excluding carboxylic acids is 1. The van der Waals surface area contributed by atoms with E-state index in [9.17, 15) is 4.79 Å². The van der Waals surface area contributed by atoms with Crippen LogP contribution in [0.2, 0.25) is 0 Å². The summed E-state index contributed by atoms with van der Waals surface area (Å²) in [6.07, 6.45) is 7.69. The van der Waals surface area contributed by atoms with E-state index in [0.717, 1.165) is 24.5 Å². The number of rotatable bonds is 7. The lowest BCUT2D eigenvalue weighted by atomic mass is 10.0. The van der Waals surface area contributed by atoms with Crippen LogP contribution in [0.5, 0.6) is 0 Å². The minimum absolute atomic E-state index is 0.0341. The molecule has 0 unspecified atom stereocenters. The number of piperidine rings is 1. The number of aromatic nitrogens is 2. The lowest BCUT2D eigenvalue weighted by molar-refractivity contribution is 0.0950. The van der Waals surface area contributed by atoms with Crippen molar-refractivity contribution in [1.29, 1.82) is 0 Å². The lowest BCUT2D eigenvalue weighted by Crippen LogP contribution is -2.30. The summed E-state index contributed by atoms with van der Waals surface area (Å²) in [5, 5.41) is 3.09. The van der Waals surface area contributed by atoms with E-state index >= 15 is 0 Å². The number of carbonyl (C=O) groups is 1. The molecule has 30 heavy (non-hydrogen) atoms. The minimum Gasteiger partial charge on any atom is -0.348 e. The Morgan fingerprint density at radius 2 is 1.70 bits per heavy atom. The van der Waals surface area contributed by atoms with Gasteiger partial charge in [-0.3, -0.25) is 9.69 Å². The molecule has 2 aromatic carbocycles. The largest absolute Gasteiger partial charge is 0.348 e. The summed E-state index contributed by atoms with van der Waals surface area (Å²) in [5.74, 6) is 0.952. The first-order valence-electron chi connectivity index (χ1n) is 10.8. The topological polar surface area (TPSA) is 50.2 Å². The van der Waals surface area contributed by atoms with Crippen LogP contribution in [0.4, 0.5) is 0 Å². The van der Waals surface area contributed by atoms with E-state index < -0.39 is 0 Å². The summed E-state index contributed by atoms with van der Waals surface area (Å²) >= 11 is 0. The maximum absolute atomic E-state index is 12.7. The van der Waals surface area contributed by atoms with Crippen LogP contribution >= 0.6 is 0 Å². The molecule has 0 radical (unpaired) electrons. The summed E-state index contributed by atoms with van der Waals surface area (Å²) < 4.78 is 2.09. The van der Waals surface area contributed by atoms with Crippen LogP contribution in [0.15, 0.2) is 60.9 Å². The van der Waals surface area contributed by atoms with E-state index in [1.165, 1.54) is 43.5 Å². The van der Waals surface area contributed by atoms with Gasteiger partial charge in [-0.05, 0) is 61.7 Å². The van der Waals surface area contributed by atoms with Crippen molar-refractivity contribution in [2.45, 2.75) is 45.8 Å². The summed E-state index contributed by atoms with van der Waals surface area (Å²) in [5.41, 5.74) is 4.35. The highest BCUT2D eigenvalue weighted by Gasteiger charge is 2.13. The van der Waals surface area contributed by atoms with Crippen molar-refractivity contribution < 1.29 is 4.79 Å². The van der Waals surface area contributed by atoms with Crippen LogP contribution in [0.1, 0.15) is 52.1 Å². The molecule has 1 N–H and O–H groups in total. The minimum atomic E-state index is -0.0341. The molecule has 5 heteroatoms. The molecule has 0 aliphatic carbocycles. The van der Waals surface area contributed by atoms with Crippen molar-refractivity contribution in [2.75, 3.05) is 13.1 Å². The molecule has 156 valence electrons. The maximum Gasteiger partial charge on any atom is 0.251 e. The second kappa shape index (κ2) is 9.72. The van der Waals surface area contributed by atoms with Gasteiger partial charge in [0.2, 0.25) is 0 Å². The molecule has 2 heterocycles. The summed E-state index contributed by atoms with van der Waals surface area (Å²) in [6.45, 7) is 6.62. The highest BCUT2D eigenvalue weighted by Crippen LogP contribution is 2.16. The molecule has 3 aromatic rings. The first-order chi connectivity index (χ1) is 14.7. The van der Waals surface area contributed by atoms with Crippen LogP contribution in [-0.4, -0.2) is 33.4 Å². The number of likely N-dealkylation sites (tertiary alicyclic amines) is 1. The number of imidazole rings is 1. The van der Waals surface area contributed by atoms with E-state index in [-0.39, 0.29) is 5.91 Å². The van der Waals surface area contributed by atoms with Crippen molar-refractivity contribution >= 4 is 5.91 Å². The summed E-state index contributed by atoms with van der Waals surface area (Å²) in [7, 11) is 0. The molecule has 1 aliphatic rings. The van der Waals surface area contributed by atoms with Gasteiger partial charge < -0.3 is 9.88 Å². The molecule has 1 aliphatic heterocycles. The standard InChI is InChI=1S/C25H30N4O/c1-20-26-13-16-29(20)18-21-9-11-22(12-10-21)25(30)27-17-23-7-3-4-8-24(23)19-28-14-5-2-6-15-28/h3-4,7-13,16H,2,5-6,14-15,17-19H2,1H3,(H,27,30). The molecule has 5 nitrogen and oxygen atoms in total. The Hall–Kier alpha value is -2.92. The third-order valence-electron chi connectivity index (χ3n) is 5.89. The Morgan fingerprint density at radius 3 is 2.40 bits per heavy atom. The van der Waals surface area contributed by atoms with E-state index in [2.05, 4.69) is 38.0 Å². The zero-order chi connectivity index (χ0) is 20.8. The van der Waals surface area contributed by atoms with E-state index in [0.29, 0.717) is 12.1 Å². The third kappa shape index (κ3) is 5.16. The van der Waals surface area contributed by atoms with Gasteiger partial charge >= 0.3 is 0 Å². The number of hydrogen-bond acceptors (Lipinski definition) is 3. The fourth-order valence-corrected chi connectivity index (χ4v) is 4.05. The normalized spacial score (nSPS) is 14.6. The molecule has 1 saturated heterocycles. The first-order valence-corrected chi connectivity index (χ1v) is 10.8. The van der Waals surface area contributed by atoms with Crippen molar-refractivity contribution in [1.82, 2.24) is 19.8 Å². The Bertz CT molecular complexity index is 971. The fraction of sp³-hybridized carbons (Fsp3) is 0.360. The van der Waals surface area contributed by atoms with E-state index in [1.54, 1.807) is 6.20 Å². The summed E-state index contributed by atoms with van der Waals surface area (Å²) in [6, 6.07) is 16.3. The Balaban J connectivity index is 1.35. The second-order valence-corrected chi connectivity index (χ2v) is 8.09. The molecule has 1 fully saturated rings. The Kier molecular flexibility index (Phi) is 6.60. The summed E-state index contributed by atoms with van der Waals surface area (Å²) in [4.78, 5) is 19.4. The Labute approximate surface area is 178 Å². The zero-order valence-corrected chi connectivity index (χ0v) is 17.7. The van der Waals surface area contributed by atoms with Gasteiger partial charge in [0.25, 0.3) is 5.91 Å². The third-order valence-corrected chi connectivity index (χ3v) is 5.89. The van der Waals surface area contributed by atoms with Gasteiger partial charge in [0.15, 0.2) is 0 Å². The van der Waals surface area contributed by atoms with Gasteiger partial charge in [0.1, 0.15) is 5.82 Å². The molecule has 0 bridgehead atoms. The van der Waals surface area contributed by atoms with Crippen molar-refractivity contribution in [2.24, 2.45) is 0 Å². The van der Waals surface area contributed by atoms with Crippen LogP contribution < -0.4 is 5.32 Å². The van der Waals surface area contributed by atoms with E-state index in [4.69, 9.17) is 0 Å². The van der Waals surface area contributed by atoms with Gasteiger partial charge in [-0.15, -0.1) is 0 Å². The number of nitrogens with zero attached hydrogens (tertiary/aromatic N) is 3. The van der Waals surface area contributed by atoms with Crippen LogP contribution in [0.25, 0.3) is 0 Å². The molecule has 0 saturated carbocycles. The van der Waals surface area contributed by atoms with Crippen molar-refractivity contribution in [3.05, 3.63) is 89.0 Å². The maximum atomic E-state index is 12.7. The molecule has 0 spiro atoms. The van der Waals surface area contributed by atoms with Crippen LogP contribution in [-0.2, 0) is 19.6 Å². The predicted octanol–water partition coefficient (Wildman–Crippen LogP) is 4.16. The average molecular weight is 403 g/mol. The average Bonchev–Trinajstić information content (AvgIpc) is 3.18. The van der Waals surface area contributed by atoms with Gasteiger partial charge in [-0.25, -0.2) is 4.98 Å². The molecule has 4 rings (SSSR count). The number of hydrogen-bond donors (Lipinski definition) is 1. The Morgan fingerprint density at radius 1 is 0.967 bits per heavy atom. The molecule has 1 aromatic heterocycles. The quantitative estimate of drug-likeness (QED) is 0.646. The van der Waals surface area contributed by atoms with Gasteiger partial charge in [-0.1, -0.05) is 42.8 Å². The SMILES string of the molecule is Cc1nccn1Cc1ccc(C(=O)NCc2ccccc2CN2CCCCC2)cc1. The van der Waals surface area contributed by atoms with Gasteiger partial charge in [0.05, 0.1) is 0 Å². The highest BCUT2D eigenvalue weighted by molar-refractivity contribution is 5.94. The number of benzene rings is 2. The van der Waals surface area contributed by atoms with Crippen LogP contribution in [0.3, 0.4) is 0 Å². The van der Waals surface area contributed by atoms with Crippen molar-refractivity contribution in [3.8, 4) is 0 Å². The number of nitrogens with one attached hydrogen (secondary N) is 1. The van der Waals surface area contributed by atoms with Gasteiger partial charge in [0, 0.05) is 37.6 Å². The first kappa shape index (κ1) is 20.4. The zero-order valence-electron chi connectivity index (χ0n) is 17.7. The number of aryl methyl sites for hydroxylation is 1. The molecular weight excluding hydrogens is 372 g/mol. The van der Waals surface area contributed by atoms with Gasteiger partial charge in [-0.2, -0.15) is 0 Å². The second-order valence-electron chi connectivity index (χ2n) is 8.09. The van der Waals surface area contributed by atoms with E-state index in [1.807, 2.05) is 43.5 Å². The lowest BCUT2D eigenvalue weighted by Gasteiger charge is -2.27. The molecular formula is C25H30N4O. The molecule has 0 atom stereocenters.